The van der Waals surface area contributed by atoms with Gasteiger partial charge in [0.2, 0.25) is 17.8 Å². The minimum Gasteiger partial charge on any atom is -0.489 e. The number of nitriles is 1. The molecule has 3 saturated heterocycles. The van der Waals surface area contributed by atoms with E-state index in [1.807, 2.05) is 6.07 Å². The van der Waals surface area contributed by atoms with Gasteiger partial charge in [-0.3, -0.25) is 34.2 Å². The zero-order valence-corrected chi connectivity index (χ0v) is 33.2. The first-order valence-electron chi connectivity index (χ1n) is 19.5. The van der Waals surface area contributed by atoms with Crippen molar-refractivity contribution in [3.63, 3.8) is 0 Å². The van der Waals surface area contributed by atoms with Crippen LogP contribution in [-0.2, 0) is 9.59 Å². The third-order valence-corrected chi connectivity index (χ3v) is 13.4. The summed E-state index contributed by atoms with van der Waals surface area (Å²) in [5.41, 5.74) is 1.59. The second kappa shape index (κ2) is 14.1. The van der Waals surface area contributed by atoms with E-state index in [-0.39, 0.29) is 41.9 Å². The molecule has 1 atom stereocenters. The van der Waals surface area contributed by atoms with Gasteiger partial charge in [0.1, 0.15) is 24.0 Å². The topological polar surface area (TPSA) is 178 Å². The predicted octanol–water partition coefficient (Wildman–Crippen LogP) is 4.90. The maximum absolute atomic E-state index is 13.5. The highest BCUT2D eigenvalue weighted by molar-refractivity contribution is 6.31. The molecule has 8 rings (SSSR count). The highest BCUT2D eigenvalue weighted by atomic mass is 35.5. The molecule has 5 aliphatic rings. The summed E-state index contributed by atoms with van der Waals surface area (Å²) in [6.07, 6.45) is 7.08. The number of piperidine rings is 3. The Bertz CT molecular complexity index is 2200. The molecule has 1 aliphatic carbocycles. The number of aromatic nitrogens is 2. The van der Waals surface area contributed by atoms with Gasteiger partial charge in [-0.2, -0.15) is 5.26 Å². The van der Waals surface area contributed by atoms with Crippen LogP contribution in [-0.4, -0.2) is 88.8 Å². The molecule has 3 aromatic rings. The number of rotatable bonds is 7. The smallest absolute Gasteiger partial charge is 0.262 e. The van der Waals surface area contributed by atoms with Crippen molar-refractivity contribution in [3.8, 4) is 11.8 Å². The lowest BCUT2D eigenvalue weighted by Crippen LogP contribution is -2.74. The Labute approximate surface area is 335 Å². The number of halogens is 1. The van der Waals surface area contributed by atoms with Gasteiger partial charge in [-0.25, -0.2) is 9.97 Å². The molecule has 5 heterocycles. The zero-order valence-electron chi connectivity index (χ0n) is 32.4. The van der Waals surface area contributed by atoms with E-state index in [0.717, 1.165) is 62.4 Å². The van der Waals surface area contributed by atoms with Crippen molar-refractivity contribution in [2.75, 3.05) is 36.0 Å². The molecule has 15 heteroatoms. The van der Waals surface area contributed by atoms with E-state index < -0.39 is 40.5 Å². The van der Waals surface area contributed by atoms with E-state index in [2.05, 4.69) is 64.2 Å². The number of carbonyl (C=O) groups is 5. The highest BCUT2D eigenvalue weighted by Crippen LogP contribution is 2.55. The van der Waals surface area contributed by atoms with Crippen LogP contribution in [0.1, 0.15) is 103 Å². The van der Waals surface area contributed by atoms with E-state index in [4.69, 9.17) is 16.3 Å². The molecule has 2 N–H and O–H groups in total. The number of benzene rings is 2. The van der Waals surface area contributed by atoms with E-state index in [9.17, 15) is 29.2 Å². The second-order valence-corrected chi connectivity index (χ2v) is 17.6. The Hall–Kier alpha value is -5.55. The summed E-state index contributed by atoms with van der Waals surface area (Å²) in [6.45, 7) is 11.5. The quantitative estimate of drug-likeness (QED) is 0.311. The van der Waals surface area contributed by atoms with Gasteiger partial charge in [-0.1, -0.05) is 39.3 Å². The lowest BCUT2D eigenvalue weighted by Gasteiger charge is -2.63. The number of fused-ring (bicyclic) bond motifs is 1. The number of hydrogen-bond donors (Lipinski definition) is 2. The maximum Gasteiger partial charge on any atom is 0.262 e. The lowest BCUT2D eigenvalue weighted by molar-refractivity contribution is -0.164. The number of ether oxygens (including phenoxy) is 1. The third kappa shape index (κ3) is 6.65. The molecular weight excluding hydrogens is 748 g/mol. The Balaban J connectivity index is 0.835. The second-order valence-electron chi connectivity index (χ2n) is 17.2. The van der Waals surface area contributed by atoms with E-state index in [1.54, 1.807) is 42.7 Å². The standard InChI is InChI=1S/C42H45ClN8O6/c1-40(2)37(41(3,4)38(40)57-27-7-5-24(21-44)30(43)20-27)48-33(53)25-22-45-39(46-23-25)50-17-13-42(14-18-50)11-15-49(16-12-42)26-6-8-28-29(19-26)36(56)51(35(28)55)31-9-10-32(52)47-34(31)54/h5-8,19-20,22-23,31,37-38H,9-18H2,1-4H3,(H,48,53)(H,47,52,54)/t31?,37-,38-. The van der Waals surface area contributed by atoms with Gasteiger partial charge in [0.05, 0.1) is 27.3 Å². The fourth-order valence-corrected chi connectivity index (χ4v) is 10.2. The summed E-state index contributed by atoms with van der Waals surface area (Å²) in [7, 11) is 0. The largest absolute Gasteiger partial charge is 0.489 e. The molecule has 296 valence electrons. The Morgan fingerprint density at radius 3 is 2.14 bits per heavy atom. The normalized spacial score (nSPS) is 24.7. The van der Waals surface area contributed by atoms with Gasteiger partial charge < -0.3 is 19.9 Å². The fraction of sp³-hybridized carbons (Fsp3) is 0.476. The first-order valence-corrected chi connectivity index (χ1v) is 19.8. The summed E-state index contributed by atoms with van der Waals surface area (Å²) >= 11 is 6.24. The molecule has 14 nitrogen and oxygen atoms in total. The number of hydrogen-bond acceptors (Lipinski definition) is 11. The minimum atomic E-state index is -0.987. The molecular formula is C42H45ClN8O6. The number of carbonyl (C=O) groups excluding carboxylic acids is 5. The first-order chi connectivity index (χ1) is 27.1. The summed E-state index contributed by atoms with van der Waals surface area (Å²) in [5, 5.41) is 15.0. The third-order valence-electron chi connectivity index (χ3n) is 13.0. The van der Waals surface area contributed by atoms with Crippen LogP contribution in [0.2, 0.25) is 5.02 Å². The average Bonchev–Trinajstić information content (AvgIpc) is 3.44. The van der Waals surface area contributed by atoms with Crippen LogP contribution >= 0.6 is 11.6 Å². The van der Waals surface area contributed by atoms with Crippen LogP contribution in [0.15, 0.2) is 48.8 Å². The van der Waals surface area contributed by atoms with E-state index >= 15 is 0 Å². The van der Waals surface area contributed by atoms with Gasteiger partial charge in [0.25, 0.3) is 17.7 Å². The van der Waals surface area contributed by atoms with Crippen molar-refractivity contribution in [3.05, 3.63) is 76.1 Å². The van der Waals surface area contributed by atoms with Crippen molar-refractivity contribution in [2.45, 2.75) is 84.4 Å². The molecule has 2 aromatic carbocycles. The summed E-state index contributed by atoms with van der Waals surface area (Å²) in [5.74, 6) is -1.10. The number of amides is 5. The summed E-state index contributed by atoms with van der Waals surface area (Å²) in [6, 6.07) is 11.2. The van der Waals surface area contributed by atoms with Gasteiger partial charge >= 0.3 is 0 Å². The van der Waals surface area contributed by atoms with E-state index in [1.165, 1.54) is 0 Å². The van der Waals surface area contributed by atoms with Crippen LogP contribution in [0.3, 0.4) is 0 Å². The number of imide groups is 2. The molecule has 1 unspecified atom stereocenters. The minimum absolute atomic E-state index is 0.0809. The van der Waals surface area contributed by atoms with Crippen LogP contribution in [0.25, 0.3) is 0 Å². The van der Waals surface area contributed by atoms with Crippen molar-refractivity contribution in [2.24, 2.45) is 16.2 Å². The zero-order chi connectivity index (χ0) is 40.4. The van der Waals surface area contributed by atoms with Crippen molar-refractivity contribution in [1.82, 2.24) is 25.5 Å². The Kier molecular flexibility index (Phi) is 9.50. The molecule has 1 spiro atoms. The molecule has 4 aliphatic heterocycles. The Morgan fingerprint density at radius 2 is 1.53 bits per heavy atom. The van der Waals surface area contributed by atoms with Crippen LogP contribution < -0.4 is 25.2 Å². The lowest BCUT2D eigenvalue weighted by atomic mass is 9.49. The number of anilines is 2. The van der Waals surface area contributed by atoms with Crippen LogP contribution in [0.5, 0.6) is 5.75 Å². The first kappa shape index (κ1) is 38.3. The molecule has 4 fully saturated rings. The Morgan fingerprint density at radius 1 is 0.895 bits per heavy atom. The molecule has 1 saturated carbocycles. The monoisotopic (exact) mass is 792 g/mol. The highest BCUT2D eigenvalue weighted by Gasteiger charge is 2.64. The predicted molar refractivity (Wildman–Crippen MR) is 210 cm³/mol. The van der Waals surface area contributed by atoms with Crippen LogP contribution in [0.4, 0.5) is 11.6 Å². The molecule has 1 aromatic heterocycles. The maximum atomic E-state index is 13.5. The van der Waals surface area contributed by atoms with Gasteiger partial charge in [-0.05, 0) is 67.9 Å². The summed E-state index contributed by atoms with van der Waals surface area (Å²) in [4.78, 5) is 78.7. The van der Waals surface area contributed by atoms with E-state index in [0.29, 0.717) is 33.4 Å². The number of nitrogens with one attached hydrogen (secondary N) is 2. The van der Waals surface area contributed by atoms with Crippen molar-refractivity contribution in [1.29, 1.82) is 5.26 Å². The SMILES string of the molecule is CC1(C)[C@H](NC(=O)c2cnc(N3CCC4(CCN(c5ccc6c(c5)C(=O)N(C5CCC(=O)NC5=O)C6=O)CC4)CC3)nc2)C(C)(C)[C@H]1Oc1ccc(C#N)c(Cl)c1. The average molecular weight is 793 g/mol. The van der Waals surface area contributed by atoms with Crippen molar-refractivity contribution >= 4 is 52.8 Å². The molecule has 0 radical (unpaired) electrons. The van der Waals surface area contributed by atoms with Crippen molar-refractivity contribution < 1.29 is 28.7 Å². The summed E-state index contributed by atoms with van der Waals surface area (Å²) < 4.78 is 6.36. The van der Waals surface area contributed by atoms with Gasteiger partial charge in [0.15, 0.2) is 0 Å². The number of nitrogens with zero attached hydrogens (tertiary/aromatic N) is 6. The molecule has 0 bridgehead atoms. The molecule has 57 heavy (non-hydrogen) atoms. The van der Waals surface area contributed by atoms with Gasteiger partial charge in [-0.15, -0.1) is 0 Å². The molecule has 5 amide bonds. The van der Waals surface area contributed by atoms with Crippen LogP contribution in [0, 0.1) is 27.6 Å². The van der Waals surface area contributed by atoms with Gasteiger partial charge in [0, 0.05) is 73.6 Å². The fourth-order valence-electron chi connectivity index (χ4n) is 9.99.